The van der Waals surface area contributed by atoms with E-state index in [-0.39, 0.29) is 11.5 Å². The van der Waals surface area contributed by atoms with Gasteiger partial charge in [0, 0.05) is 11.3 Å². The third kappa shape index (κ3) is 4.12. The smallest absolute Gasteiger partial charge is 0.280 e. The van der Waals surface area contributed by atoms with Crippen LogP contribution >= 0.6 is 0 Å². The molecular weight excluding hydrogens is 351 g/mol. The molecule has 0 aliphatic rings. The van der Waals surface area contributed by atoms with Gasteiger partial charge in [-0.1, -0.05) is 0 Å². The van der Waals surface area contributed by atoms with Gasteiger partial charge in [-0.2, -0.15) is 5.10 Å². The number of nitrogens with two attached hydrogens (primary N) is 1. The minimum Gasteiger partial charge on any atom is -0.490 e. The molecule has 0 saturated carbocycles. The first-order valence-corrected chi connectivity index (χ1v) is 8.17. The lowest BCUT2D eigenvalue weighted by Gasteiger charge is -2.06. The van der Waals surface area contributed by atoms with E-state index >= 15 is 0 Å². The first kappa shape index (κ1) is 18.1. The lowest BCUT2D eigenvalue weighted by molar-refractivity contribution is 0.0997. The van der Waals surface area contributed by atoms with Gasteiger partial charge in [0.2, 0.25) is 5.91 Å². The zero-order valence-electron chi connectivity index (χ0n) is 14.5. The third-order valence-corrected chi connectivity index (χ3v) is 3.71. The number of benzene rings is 2. The molecule has 0 radical (unpaired) electrons. The Balaban J connectivity index is 1.86. The van der Waals surface area contributed by atoms with E-state index in [4.69, 9.17) is 10.5 Å². The van der Waals surface area contributed by atoms with Gasteiger partial charge in [-0.25, -0.2) is 9.07 Å². The number of rotatable bonds is 6. The monoisotopic (exact) mass is 368 g/mol. The topological polar surface area (TPSA) is 99.2 Å². The van der Waals surface area contributed by atoms with E-state index in [0.717, 1.165) is 0 Å². The highest BCUT2D eigenvalue weighted by molar-refractivity contribution is 6.05. The summed E-state index contributed by atoms with van der Waals surface area (Å²) in [5, 5.41) is 6.94. The number of halogens is 1. The number of amides is 2. The summed E-state index contributed by atoms with van der Waals surface area (Å²) in [7, 11) is 0. The fraction of sp³-hybridized carbons (Fsp3) is 0.105. The van der Waals surface area contributed by atoms with Crippen molar-refractivity contribution in [1.82, 2.24) is 9.78 Å². The molecule has 0 unspecified atom stereocenters. The molecule has 0 saturated heterocycles. The van der Waals surface area contributed by atoms with E-state index in [1.165, 1.54) is 28.9 Å². The van der Waals surface area contributed by atoms with Crippen molar-refractivity contribution >= 4 is 17.5 Å². The molecule has 1 heterocycles. The van der Waals surface area contributed by atoms with Crippen molar-refractivity contribution in [2.75, 3.05) is 11.9 Å². The molecule has 3 N–H and O–H groups in total. The van der Waals surface area contributed by atoms with Crippen molar-refractivity contribution in [3.8, 4) is 11.4 Å². The van der Waals surface area contributed by atoms with Crippen LogP contribution in [0.2, 0.25) is 0 Å². The van der Waals surface area contributed by atoms with Crippen molar-refractivity contribution in [3.63, 3.8) is 0 Å². The van der Waals surface area contributed by atoms with Crippen LogP contribution in [0.5, 0.6) is 5.75 Å². The summed E-state index contributed by atoms with van der Waals surface area (Å²) in [6, 6.07) is 11.8. The SMILES string of the molecule is CCOc1cn(-c2ccc(F)cc2)nc1C(=O)Nc1ccc(C(N)=O)cc1. The van der Waals surface area contributed by atoms with Crippen LogP contribution in [-0.4, -0.2) is 28.2 Å². The van der Waals surface area contributed by atoms with E-state index in [2.05, 4.69) is 10.4 Å². The second-order valence-corrected chi connectivity index (χ2v) is 5.59. The Hall–Kier alpha value is -3.68. The molecule has 0 spiro atoms. The highest BCUT2D eigenvalue weighted by Crippen LogP contribution is 2.22. The minimum absolute atomic E-state index is 0.0835. The Morgan fingerprint density at radius 2 is 1.81 bits per heavy atom. The number of ether oxygens (including phenoxy) is 1. The van der Waals surface area contributed by atoms with E-state index in [1.54, 1.807) is 37.4 Å². The summed E-state index contributed by atoms with van der Waals surface area (Å²) in [6.45, 7) is 2.14. The van der Waals surface area contributed by atoms with Gasteiger partial charge in [0.05, 0.1) is 18.5 Å². The first-order valence-electron chi connectivity index (χ1n) is 8.17. The van der Waals surface area contributed by atoms with Crippen LogP contribution < -0.4 is 15.8 Å². The van der Waals surface area contributed by atoms with Crippen molar-refractivity contribution in [1.29, 1.82) is 0 Å². The average molecular weight is 368 g/mol. The summed E-state index contributed by atoms with van der Waals surface area (Å²) in [5.74, 6) is -1.10. The van der Waals surface area contributed by atoms with Crippen molar-refractivity contribution in [2.45, 2.75) is 6.92 Å². The van der Waals surface area contributed by atoms with E-state index < -0.39 is 11.8 Å². The molecule has 3 rings (SSSR count). The standard InChI is InChI=1S/C19H17FN4O3/c1-2-27-16-11-24(15-9-5-13(20)6-10-15)23-17(16)19(26)22-14-7-3-12(4-8-14)18(21)25/h3-11H,2H2,1H3,(H2,21,25)(H,22,26). The van der Waals surface area contributed by atoms with Gasteiger partial charge in [-0.3, -0.25) is 9.59 Å². The Morgan fingerprint density at radius 3 is 2.41 bits per heavy atom. The van der Waals surface area contributed by atoms with Gasteiger partial charge in [0.25, 0.3) is 5.91 Å². The van der Waals surface area contributed by atoms with Gasteiger partial charge in [0.1, 0.15) is 5.82 Å². The number of carbonyl (C=O) groups excluding carboxylic acids is 2. The Morgan fingerprint density at radius 1 is 1.15 bits per heavy atom. The van der Waals surface area contributed by atoms with Crippen LogP contribution in [0.25, 0.3) is 5.69 Å². The number of primary amides is 1. The number of nitrogens with zero attached hydrogens (tertiary/aromatic N) is 2. The fourth-order valence-electron chi connectivity index (χ4n) is 2.41. The number of nitrogens with one attached hydrogen (secondary N) is 1. The molecule has 2 aromatic carbocycles. The number of hydrogen-bond acceptors (Lipinski definition) is 4. The van der Waals surface area contributed by atoms with Crippen molar-refractivity contribution < 1.29 is 18.7 Å². The second kappa shape index (κ2) is 7.69. The van der Waals surface area contributed by atoms with Gasteiger partial charge in [0.15, 0.2) is 11.4 Å². The summed E-state index contributed by atoms with van der Waals surface area (Å²) in [6.07, 6.45) is 1.56. The lowest BCUT2D eigenvalue weighted by atomic mass is 10.2. The highest BCUT2D eigenvalue weighted by Gasteiger charge is 2.19. The second-order valence-electron chi connectivity index (χ2n) is 5.59. The molecule has 27 heavy (non-hydrogen) atoms. The molecule has 0 bridgehead atoms. The maximum Gasteiger partial charge on any atom is 0.280 e. The zero-order valence-corrected chi connectivity index (χ0v) is 14.5. The predicted octanol–water partition coefficient (Wildman–Crippen LogP) is 2.76. The van der Waals surface area contributed by atoms with Crippen LogP contribution in [-0.2, 0) is 0 Å². The molecule has 2 amide bonds. The maximum absolute atomic E-state index is 13.1. The molecule has 138 valence electrons. The van der Waals surface area contributed by atoms with E-state index in [0.29, 0.717) is 29.3 Å². The molecule has 0 aliphatic carbocycles. The lowest BCUT2D eigenvalue weighted by Crippen LogP contribution is -2.15. The summed E-state index contributed by atoms with van der Waals surface area (Å²) in [5.41, 5.74) is 6.68. The third-order valence-electron chi connectivity index (χ3n) is 3.71. The van der Waals surface area contributed by atoms with Crippen molar-refractivity contribution in [2.24, 2.45) is 5.73 Å². The van der Waals surface area contributed by atoms with Gasteiger partial charge in [-0.05, 0) is 55.5 Å². The molecule has 0 fully saturated rings. The molecule has 0 atom stereocenters. The molecule has 0 aliphatic heterocycles. The highest BCUT2D eigenvalue weighted by atomic mass is 19.1. The maximum atomic E-state index is 13.1. The van der Waals surface area contributed by atoms with Crippen LogP contribution in [0, 0.1) is 5.82 Å². The van der Waals surface area contributed by atoms with Gasteiger partial charge in [-0.15, -0.1) is 0 Å². The molecular formula is C19H17FN4O3. The number of aromatic nitrogens is 2. The van der Waals surface area contributed by atoms with Gasteiger partial charge >= 0.3 is 0 Å². The normalized spacial score (nSPS) is 10.4. The molecule has 8 heteroatoms. The number of hydrogen-bond donors (Lipinski definition) is 2. The van der Waals surface area contributed by atoms with Crippen LogP contribution in [0.15, 0.2) is 54.7 Å². The molecule has 7 nitrogen and oxygen atoms in total. The van der Waals surface area contributed by atoms with Crippen LogP contribution in [0.1, 0.15) is 27.8 Å². The van der Waals surface area contributed by atoms with Crippen LogP contribution in [0.4, 0.5) is 10.1 Å². The Kier molecular flexibility index (Phi) is 5.16. The number of anilines is 1. The zero-order chi connectivity index (χ0) is 19.4. The van der Waals surface area contributed by atoms with E-state index in [9.17, 15) is 14.0 Å². The number of carbonyl (C=O) groups is 2. The van der Waals surface area contributed by atoms with E-state index in [1.807, 2.05) is 0 Å². The Labute approximate surface area is 154 Å². The fourth-order valence-corrected chi connectivity index (χ4v) is 2.41. The van der Waals surface area contributed by atoms with Crippen molar-refractivity contribution in [3.05, 3.63) is 71.8 Å². The largest absolute Gasteiger partial charge is 0.490 e. The first-order chi connectivity index (χ1) is 13.0. The van der Waals surface area contributed by atoms with Crippen LogP contribution in [0.3, 0.4) is 0 Å². The van der Waals surface area contributed by atoms with Gasteiger partial charge < -0.3 is 15.8 Å². The molecule has 1 aromatic heterocycles. The minimum atomic E-state index is -0.551. The Bertz CT molecular complexity index is 966. The summed E-state index contributed by atoms with van der Waals surface area (Å²) in [4.78, 5) is 23.7. The average Bonchev–Trinajstić information content (AvgIpc) is 3.07. The molecule has 3 aromatic rings. The predicted molar refractivity (Wildman–Crippen MR) is 97.6 cm³/mol. The summed E-state index contributed by atoms with van der Waals surface area (Å²) >= 11 is 0. The summed E-state index contributed by atoms with van der Waals surface area (Å²) < 4.78 is 20.0. The quantitative estimate of drug-likeness (QED) is 0.699.